The summed E-state index contributed by atoms with van der Waals surface area (Å²) in [6, 6.07) is 2.13. The molecule has 1 heterocycles. The molecule has 0 bridgehead atoms. The molecule has 0 aromatic carbocycles. The topological polar surface area (TPSA) is 41.1 Å². The zero-order valence-electron chi connectivity index (χ0n) is 7.83. The molecule has 72 valence electrons. The van der Waals surface area contributed by atoms with Gasteiger partial charge in [-0.1, -0.05) is 0 Å². The summed E-state index contributed by atoms with van der Waals surface area (Å²) in [5, 5.41) is 9.75. The van der Waals surface area contributed by atoms with E-state index in [9.17, 15) is 4.79 Å². The lowest BCUT2D eigenvalue weighted by Gasteiger charge is -2.11. The van der Waals surface area contributed by atoms with Crippen LogP contribution < -0.4 is 10.6 Å². The van der Waals surface area contributed by atoms with Crippen molar-refractivity contribution in [3.05, 3.63) is 22.4 Å². The zero-order valence-corrected chi connectivity index (χ0v) is 8.65. The van der Waals surface area contributed by atoms with Crippen LogP contribution in [0.25, 0.3) is 0 Å². The van der Waals surface area contributed by atoms with Gasteiger partial charge in [-0.15, -0.1) is 0 Å². The fourth-order valence-corrected chi connectivity index (χ4v) is 1.81. The van der Waals surface area contributed by atoms with Crippen LogP contribution in [0.15, 0.2) is 16.8 Å². The Labute approximate surface area is 82.2 Å². The van der Waals surface area contributed by atoms with Crippen molar-refractivity contribution in [3.63, 3.8) is 0 Å². The summed E-state index contributed by atoms with van der Waals surface area (Å²) >= 11 is 1.64. The van der Waals surface area contributed by atoms with Gasteiger partial charge >= 0.3 is 0 Å². The molecule has 3 nitrogen and oxygen atoms in total. The quantitative estimate of drug-likeness (QED) is 0.762. The van der Waals surface area contributed by atoms with Crippen molar-refractivity contribution in [3.8, 4) is 0 Å². The summed E-state index contributed by atoms with van der Waals surface area (Å²) in [5.41, 5.74) is 1.16. The third kappa shape index (κ3) is 3.16. The van der Waals surface area contributed by atoms with E-state index < -0.39 is 0 Å². The minimum Gasteiger partial charge on any atom is -0.348 e. The van der Waals surface area contributed by atoms with Crippen molar-refractivity contribution in [2.75, 3.05) is 13.6 Å². The number of rotatable bonds is 4. The molecule has 0 aliphatic heterocycles. The van der Waals surface area contributed by atoms with Crippen LogP contribution in [0.4, 0.5) is 0 Å². The second kappa shape index (κ2) is 4.99. The van der Waals surface area contributed by atoms with Crippen LogP contribution >= 0.6 is 11.3 Å². The number of carbonyl (C=O) groups excluding carboxylic acids is 1. The van der Waals surface area contributed by atoms with Crippen LogP contribution in [0.5, 0.6) is 0 Å². The Bertz CT molecular complexity index is 259. The van der Waals surface area contributed by atoms with Crippen molar-refractivity contribution in [1.82, 2.24) is 10.6 Å². The van der Waals surface area contributed by atoms with Crippen LogP contribution in [0, 0.1) is 0 Å². The van der Waals surface area contributed by atoms with Crippen molar-refractivity contribution < 1.29 is 4.79 Å². The van der Waals surface area contributed by atoms with Crippen LogP contribution in [-0.2, 0) is 4.79 Å². The Balaban J connectivity index is 2.42. The van der Waals surface area contributed by atoms with Gasteiger partial charge in [-0.2, -0.15) is 11.3 Å². The first-order valence-corrected chi connectivity index (χ1v) is 5.14. The van der Waals surface area contributed by atoms with Gasteiger partial charge in [-0.25, -0.2) is 0 Å². The third-order valence-electron chi connectivity index (χ3n) is 1.76. The molecule has 1 aromatic rings. The first kappa shape index (κ1) is 10.2. The van der Waals surface area contributed by atoms with E-state index in [0.29, 0.717) is 6.54 Å². The molecule has 0 saturated heterocycles. The van der Waals surface area contributed by atoms with Gasteiger partial charge in [-0.05, 0) is 36.4 Å². The first-order chi connectivity index (χ1) is 6.24. The maximum atomic E-state index is 11.2. The number of hydrogen-bond acceptors (Lipinski definition) is 3. The highest BCUT2D eigenvalue weighted by Gasteiger charge is 2.08. The number of hydrogen-bond donors (Lipinski definition) is 2. The number of thiophene rings is 1. The predicted octanol–water partition coefficient (Wildman–Crippen LogP) is 1.14. The van der Waals surface area contributed by atoms with E-state index in [4.69, 9.17) is 0 Å². The summed E-state index contributed by atoms with van der Waals surface area (Å²) in [4.78, 5) is 11.2. The van der Waals surface area contributed by atoms with Gasteiger partial charge < -0.3 is 10.6 Å². The van der Waals surface area contributed by atoms with Crippen molar-refractivity contribution in [2.45, 2.75) is 13.0 Å². The monoisotopic (exact) mass is 198 g/mol. The number of amides is 1. The van der Waals surface area contributed by atoms with E-state index in [0.717, 1.165) is 5.56 Å². The largest absolute Gasteiger partial charge is 0.348 e. The molecule has 0 saturated carbocycles. The molecular weight excluding hydrogens is 184 g/mol. The van der Waals surface area contributed by atoms with Gasteiger partial charge in [0.2, 0.25) is 5.91 Å². The van der Waals surface area contributed by atoms with Gasteiger partial charge in [0.1, 0.15) is 0 Å². The fourth-order valence-electron chi connectivity index (χ4n) is 1.06. The van der Waals surface area contributed by atoms with Gasteiger partial charge in [-0.3, -0.25) is 4.79 Å². The Hall–Kier alpha value is -0.870. The number of carbonyl (C=O) groups is 1. The minimum atomic E-state index is 0.0289. The lowest BCUT2D eigenvalue weighted by Crippen LogP contribution is -2.33. The molecule has 4 heteroatoms. The molecule has 1 amide bonds. The molecule has 13 heavy (non-hydrogen) atoms. The minimum absolute atomic E-state index is 0.0289. The summed E-state index contributed by atoms with van der Waals surface area (Å²) in [6.07, 6.45) is 0. The van der Waals surface area contributed by atoms with Crippen LogP contribution in [0.2, 0.25) is 0 Å². The summed E-state index contributed by atoms with van der Waals surface area (Å²) in [7, 11) is 1.76. The maximum absolute atomic E-state index is 11.2. The van der Waals surface area contributed by atoms with E-state index in [1.165, 1.54) is 0 Å². The van der Waals surface area contributed by atoms with Crippen LogP contribution in [0.3, 0.4) is 0 Å². The standard InChI is InChI=1S/C9H14N2OS/c1-7(8-3-4-13-6-8)11-9(12)5-10-2/h3-4,6-7,10H,5H2,1-2H3,(H,11,12). The van der Waals surface area contributed by atoms with E-state index in [-0.39, 0.29) is 11.9 Å². The zero-order chi connectivity index (χ0) is 9.68. The average molecular weight is 198 g/mol. The van der Waals surface area contributed by atoms with E-state index in [1.54, 1.807) is 18.4 Å². The highest BCUT2D eigenvalue weighted by atomic mass is 32.1. The maximum Gasteiger partial charge on any atom is 0.234 e. The molecule has 1 atom stereocenters. The molecule has 1 aromatic heterocycles. The third-order valence-corrected chi connectivity index (χ3v) is 2.46. The molecular formula is C9H14N2OS. The molecule has 0 aliphatic rings. The van der Waals surface area contributed by atoms with E-state index >= 15 is 0 Å². The van der Waals surface area contributed by atoms with Crippen LogP contribution in [-0.4, -0.2) is 19.5 Å². The Morgan fingerprint density at radius 1 is 1.69 bits per heavy atom. The van der Waals surface area contributed by atoms with Crippen molar-refractivity contribution >= 4 is 17.2 Å². The summed E-state index contributed by atoms with van der Waals surface area (Å²) in [6.45, 7) is 2.35. The lowest BCUT2D eigenvalue weighted by molar-refractivity contribution is -0.120. The lowest BCUT2D eigenvalue weighted by atomic mass is 10.2. The Kier molecular flexibility index (Phi) is 3.92. The number of nitrogens with one attached hydrogen (secondary N) is 2. The predicted molar refractivity (Wildman–Crippen MR) is 54.8 cm³/mol. The normalized spacial score (nSPS) is 12.5. The van der Waals surface area contributed by atoms with E-state index in [2.05, 4.69) is 10.6 Å². The van der Waals surface area contributed by atoms with Gasteiger partial charge in [0.15, 0.2) is 0 Å². The van der Waals surface area contributed by atoms with E-state index in [1.807, 2.05) is 23.8 Å². The average Bonchev–Trinajstić information content (AvgIpc) is 2.55. The Morgan fingerprint density at radius 3 is 3.00 bits per heavy atom. The van der Waals surface area contributed by atoms with Crippen LogP contribution in [0.1, 0.15) is 18.5 Å². The molecule has 2 N–H and O–H groups in total. The van der Waals surface area contributed by atoms with Gasteiger partial charge in [0, 0.05) is 0 Å². The SMILES string of the molecule is CNCC(=O)NC(C)c1ccsc1. The summed E-state index contributed by atoms with van der Waals surface area (Å²) in [5.74, 6) is 0.0289. The fraction of sp³-hybridized carbons (Fsp3) is 0.444. The van der Waals surface area contributed by atoms with Gasteiger partial charge in [0.05, 0.1) is 12.6 Å². The molecule has 1 unspecified atom stereocenters. The highest BCUT2D eigenvalue weighted by Crippen LogP contribution is 2.14. The molecule has 0 aliphatic carbocycles. The molecule has 0 fully saturated rings. The van der Waals surface area contributed by atoms with Crippen molar-refractivity contribution in [1.29, 1.82) is 0 Å². The molecule has 0 spiro atoms. The Morgan fingerprint density at radius 2 is 2.46 bits per heavy atom. The highest BCUT2D eigenvalue weighted by molar-refractivity contribution is 7.07. The molecule has 0 radical (unpaired) electrons. The van der Waals surface area contributed by atoms with Gasteiger partial charge in [0.25, 0.3) is 0 Å². The number of likely N-dealkylation sites (N-methyl/N-ethyl adjacent to an activating group) is 1. The first-order valence-electron chi connectivity index (χ1n) is 4.20. The second-order valence-corrected chi connectivity index (χ2v) is 3.66. The second-order valence-electron chi connectivity index (χ2n) is 2.88. The van der Waals surface area contributed by atoms with Crippen molar-refractivity contribution in [2.24, 2.45) is 0 Å². The molecule has 1 rings (SSSR count). The summed E-state index contributed by atoms with van der Waals surface area (Å²) < 4.78 is 0. The smallest absolute Gasteiger partial charge is 0.234 e.